The molecule has 0 radical (unpaired) electrons. The molecule has 0 spiro atoms. The first-order valence-corrected chi connectivity index (χ1v) is 8.57. The van der Waals surface area contributed by atoms with Gasteiger partial charge in [0, 0.05) is 24.8 Å². The van der Waals surface area contributed by atoms with Crippen molar-refractivity contribution in [3.05, 3.63) is 48.4 Å². The molecule has 8 nitrogen and oxygen atoms in total. The Bertz CT molecular complexity index is 913. The number of benzene rings is 1. The van der Waals surface area contributed by atoms with Gasteiger partial charge in [0.05, 0.1) is 32.3 Å². The van der Waals surface area contributed by atoms with E-state index in [0.29, 0.717) is 36.2 Å². The molecule has 0 unspecified atom stereocenters. The molecule has 1 aromatic carbocycles. The number of carbonyl (C=O) groups excluding carboxylic acids is 1. The lowest BCUT2D eigenvalue weighted by Gasteiger charge is -2.29. The van der Waals surface area contributed by atoms with Crippen LogP contribution in [0.25, 0.3) is 11.5 Å². The van der Waals surface area contributed by atoms with Gasteiger partial charge in [-0.3, -0.25) is 4.79 Å². The molecule has 140 valence electrons. The number of methoxy groups -OCH3 is 1. The Kier molecular flexibility index (Phi) is 4.80. The third-order valence-electron chi connectivity index (χ3n) is 4.31. The fourth-order valence-electron chi connectivity index (χ4n) is 2.92. The second-order valence-corrected chi connectivity index (χ2v) is 5.99. The largest absolute Gasteiger partial charge is 0.495 e. The monoisotopic (exact) mass is 369 g/mol. The molecule has 1 saturated heterocycles. The fourth-order valence-corrected chi connectivity index (χ4v) is 2.92. The summed E-state index contributed by atoms with van der Waals surface area (Å²) in [5, 5.41) is 6.66. The summed E-state index contributed by atoms with van der Waals surface area (Å²) in [5.74, 6) is 1.07. The van der Waals surface area contributed by atoms with Crippen LogP contribution in [0, 0.1) is 0 Å². The van der Waals surface area contributed by atoms with Gasteiger partial charge in [0.25, 0.3) is 5.91 Å². The SMILES string of the molecule is COc1ccc(N2CCOCC2)cc1NC(=O)c1cc(-c2ccco2)on1. The number of ether oxygens (including phenoxy) is 2. The second kappa shape index (κ2) is 7.55. The molecule has 0 aliphatic carbocycles. The molecule has 1 aliphatic rings. The summed E-state index contributed by atoms with van der Waals surface area (Å²) >= 11 is 0. The average Bonchev–Trinajstić information content (AvgIpc) is 3.40. The van der Waals surface area contributed by atoms with Crippen LogP contribution in [-0.2, 0) is 4.74 Å². The van der Waals surface area contributed by atoms with Crippen molar-refractivity contribution >= 4 is 17.3 Å². The number of carbonyl (C=O) groups is 1. The molecule has 27 heavy (non-hydrogen) atoms. The van der Waals surface area contributed by atoms with Crippen molar-refractivity contribution in [2.24, 2.45) is 0 Å². The van der Waals surface area contributed by atoms with E-state index in [0.717, 1.165) is 18.8 Å². The normalized spacial score (nSPS) is 14.2. The van der Waals surface area contributed by atoms with Gasteiger partial charge < -0.3 is 28.6 Å². The Labute approximate surface area is 155 Å². The number of morpholine rings is 1. The quantitative estimate of drug-likeness (QED) is 0.739. The van der Waals surface area contributed by atoms with Crippen LogP contribution in [0.1, 0.15) is 10.5 Å². The number of hydrogen-bond donors (Lipinski definition) is 1. The molecule has 4 rings (SSSR count). The number of hydrogen-bond acceptors (Lipinski definition) is 7. The summed E-state index contributed by atoms with van der Waals surface area (Å²) in [5.41, 5.74) is 1.71. The smallest absolute Gasteiger partial charge is 0.277 e. The zero-order valence-corrected chi connectivity index (χ0v) is 14.8. The van der Waals surface area contributed by atoms with Crippen LogP contribution in [0.2, 0.25) is 0 Å². The molecule has 1 N–H and O–H groups in total. The Balaban J connectivity index is 1.54. The van der Waals surface area contributed by atoms with Gasteiger partial charge in [0.15, 0.2) is 11.5 Å². The standard InChI is InChI=1S/C19H19N3O5/c1-24-16-5-4-13(22-6-9-25-10-7-22)11-14(16)20-19(23)15-12-18(27-21-15)17-3-2-8-26-17/h2-5,8,11-12H,6-7,9-10H2,1H3,(H,20,23). The van der Waals surface area contributed by atoms with Gasteiger partial charge in [0.2, 0.25) is 5.76 Å². The maximum absolute atomic E-state index is 12.6. The number of furan rings is 1. The summed E-state index contributed by atoms with van der Waals surface area (Å²) in [6.07, 6.45) is 1.53. The van der Waals surface area contributed by atoms with E-state index in [1.165, 1.54) is 12.3 Å². The highest BCUT2D eigenvalue weighted by molar-refractivity contribution is 6.04. The van der Waals surface area contributed by atoms with Crippen LogP contribution >= 0.6 is 0 Å². The Morgan fingerprint density at radius 3 is 2.78 bits per heavy atom. The van der Waals surface area contributed by atoms with Crippen molar-refractivity contribution in [3.8, 4) is 17.3 Å². The first-order valence-electron chi connectivity index (χ1n) is 8.57. The van der Waals surface area contributed by atoms with Crippen molar-refractivity contribution in [2.45, 2.75) is 0 Å². The van der Waals surface area contributed by atoms with E-state index >= 15 is 0 Å². The van der Waals surface area contributed by atoms with E-state index in [-0.39, 0.29) is 5.69 Å². The van der Waals surface area contributed by atoms with Gasteiger partial charge in [-0.25, -0.2) is 0 Å². The second-order valence-electron chi connectivity index (χ2n) is 5.99. The van der Waals surface area contributed by atoms with E-state index in [2.05, 4.69) is 15.4 Å². The first kappa shape index (κ1) is 17.2. The molecule has 1 amide bonds. The Morgan fingerprint density at radius 2 is 2.04 bits per heavy atom. The molecule has 1 aliphatic heterocycles. The third-order valence-corrected chi connectivity index (χ3v) is 4.31. The summed E-state index contributed by atoms with van der Waals surface area (Å²) in [6, 6.07) is 10.7. The van der Waals surface area contributed by atoms with E-state index in [9.17, 15) is 4.79 Å². The van der Waals surface area contributed by atoms with Crippen LogP contribution in [-0.4, -0.2) is 44.5 Å². The summed E-state index contributed by atoms with van der Waals surface area (Å²) in [4.78, 5) is 14.8. The minimum Gasteiger partial charge on any atom is -0.495 e. The highest BCUT2D eigenvalue weighted by Gasteiger charge is 2.18. The Hall–Kier alpha value is -3.26. The lowest BCUT2D eigenvalue weighted by atomic mass is 10.2. The van der Waals surface area contributed by atoms with Gasteiger partial charge >= 0.3 is 0 Å². The van der Waals surface area contributed by atoms with Crippen molar-refractivity contribution in [1.29, 1.82) is 0 Å². The van der Waals surface area contributed by atoms with Gasteiger partial charge in [-0.05, 0) is 30.3 Å². The van der Waals surface area contributed by atoms with Gasteiger partial charge in [-0.15, -0.1) is 0 Å². The maximum Gasteiger partial charge on any atom is 0.277 e. The van der Waals surface area contributed by atoms with Gasteiger partial charge in [-0.2, -0.15) is 0 Å². The number of amides is 1. The predicted octanol–water partition coefficient (Wildman–Crippen LogP) is 3.03. The topological polar surface area (TPSA) is 90.0 Å². The summed E-state index contributed by atoms with van der Waals surface area (Å²) in [6.45, 7) is 2.97. The Morgan fingerprint density at radius 1 is 1.19 bits per heavy atom. The minimum atomic E-state index is -0.394. The molecule has 2 aromatic heterocycles. The van der Waals surface area contributed by atoms with Crippen molar-refractivity contribution in [1.82, 2.24) is 5.16 Å². The fraction of sp³-hybridized carbons (Fsp3) is 0.263. The number of rotatable bonds is 5. The average molecular weight is 369 g/mol. The van der Waals surface area contributed by atoms with E-state index in [4.69, 9.17) is 18.4 Å². The number of anilines is 2. The summed E-state index contributed by atoms with van der Waals surface area (Å²) < 4.78 is 21.2. The summed E-state index contributed by atoms with van der Waals surface area (Å²) in [7, 11) is 1.56. The van der Waals surface area contributed by atoms with E-state index in [1.54, 1.807) is 19.2 Å². The molecular weight excluding hydrogens is 350 g/mol. The predicted molar refractivity (Wildman–Crippen MR) is 98.2 cm³/mol. The van der Waals surface area contributed by atoms with Gasteiger partial charge in [0.1, 0.15) is 5.75 Å². The van der Waals surface area contributed by atoms with Crippen LogP contribution in [0.3, 0.4) is 0 Å². The molecule has 0 bridgehead atoms. The van der Waals surface area contributed by atoms with Crippen molar-refractivity contribution < 1.29 is 23.2 Å². The molecule has 0 atom stereocenters. The van der Waals surface area contributed by atoms with Crippen LogP contribution in [0.4, 0.5) is 11.4 Å². The molecular formula is C19H19N3O5. The number of nitrogens with one attached hydrogen (secondary N) is 1. The lowest BCUT2D eigenvalue weighted by Crippen LogP contribution is -2.36. The minimum absolute atomic E-state index is 0.153. The highest BCUT2D eigenvalue weighted by atomic mass is 16.5. The highest BCUT2D eigenvalue weighted by Crippen LogP contribution is 2.31. The first-order chi connectivity index (χ1) is 13.2. The van der Waals surface area contributed by atoms with Crippen molar-refractivity contribution in [3.63, 3.8) is 0 Å². The molecule has 3 heterocycles. The molecule has 1 fully saturated rings. The molecule has 8 heteroatoms. The molecule has 3 aromatic rings. The van der Waals surface area contributed by atoms with Crippen molar-refractivity contribution in [2.75, 3.05) is 43.6 Å². The van der Waals surface area contributed by atoms with Crippen LogP contribution in [0.15, 0.2) is 51.6 Å². The van der Waals surface area contributed by atoms with Crippen LogP contribution < -0.4 is 15.0 Å². The zero-order chi connectivity index (χ0) is 18.6. The van der Waals surface area contributed by atoms with E-state index in [1.807, 2.05) is 18.2 Å². The van der Waals surface area contributed by atoms with Gasteiger partial charge in [-0.1, -0.05) is 5.16 Å². The van der Waals surface area contributed by atoms with E-state index < -0.39 is 5.91 Å². The maximum atomic E-state index is 12.6. The molecule has 0 saturated carbocycles. The lowest BCUT2D eigenvalue weighted by molar-refractivity contribution is 0.101. The van der Waals surface area contributed by atoms with Crippen LogP contribution in [0.5, 0.6) is 5.75 Å². The number of aromatic nitrogens is 1. The third kappa shape index (κ3) is 3.65. The number of nitrogens with zero attached hydrogens (tertiary/aromatic N) is 2. The zero-order valence-electron chi connectivity index (χ0n) is 14.8.